The van der Waals surface area contributed by atoms with E-state index in [0.717, 1.165) is 34.1 Å². The summed E-state index contributed by atoms with van der Waals surface area (Å²) in [5.41, 5.74) is 4.00. The van der Waals surface area contributed by atoms with Gasteiger partial charge in [-0.1, -0.05) is 61.9 Å². The number of carbonyl (C=O) groups excluding carboxylic acids is 1. The summed E-state index contributed by atoms with van der Waals surface area (Å²) >= 11 is 0. The molecule has 2 nitrogen and oxygen atoms in total. The molecule has 2 aromatic carbocycles. The predicted molar refractivity (Wildman–Crippen MR) is 103 cm³/mol. The average Bonchev–Trinajstić information content (AvgIpc) is 2.64. The molecule has 1 saturated carbocycles. The van der Waals surface area contributed by atoms with Gasteiger partial charge in [0.15, 0.2) is 5.78 Å². The first-order chi connectivity index (χ1) is 12.1. The largest absolute Gasteiger partial charge is 0.294 e. The quantitative estimate of drug-likeness (QED) is 0.533. The number of para-hydroxylation sites is 1. The summed E-state index contributed by atoms with van der Waals surface area (Å²) in [6.07, 6.45) is 5.43. The summed E-state index contributed by atoms with van der Waals surface area (Å²) in [4.78, 5) is 17.8. The predicted octanol–water partition coefficient (Wildman–Crippen LogP) is 6.05. The maximum absolute atomic E-state index is 13.0. The van der Waals surface area contributed by atoms with Crippen LogP contribution in [-0.2, 0) is 0 Å². The molecule has 0 N–H and O–H groups in total. The van der Waals surface area contributed by atoms with Gasteiger partial charge in [-0.15, -0.1) is 0 Å². The first-order valence-corrected chi connectivity index (χ1v) is 9.13. The zero-order valence-electron chi connectivity index (χ0n) is 14.7. The second kappa shape index (κ2) is 6.44. The molecule has 0 radical (unpaired) electrons. The van der Waals surface area contributed by atoms with Crippen molar-refractivity contribution in [3.05, 3.63) is 66.2 Å². The Bertz CT molecular complexity index is 910. The van der Waals surface area contributed by atoms with Crippen LogP contribution in [0.2, 0.25) is 0 Å². The maximum atomic E-state index is 13.0. The van der Waals surface area contributed by atoms with Crippen LogP contribution in [0.15, 0.2) is 60.7 Å². The van der Waals surface area contributed by atoms with Crippen molar-refractivity contribution in [1.29, 1.82) is 0 Å². The van der Waals surface area contributed by atoms with Gasteiger partial charge in [-0.3, -0.25) is 4.79 Å². The number of hydrogen-bond donors (Lipinski definition) is 0. The molecule has 0 unspecified atom stereocenters. The Balaban J connectivity index is 1.72. The van der Waals surface area contributed by atoms with E-state index >= 15 is 0 Å². The molecule has 1 aliphatic carbocycles. The number of aromatic nitrogens is 1. The zero-order valence-corrected chi connectivity index (χ0v) is 14.7. The number of benzene rings is 2. The highest BCUT2D eigenvalue weighted by Crippen LogP contribution is 2.44. The van der Waals surface area contributed by atoms with Crippen molar-refractivity contribution in [2.75, 3.05) is 0 Å². The molecular weight excluding hydrogens is 306 g/mol. The van der Waals surface area contributed by atoms with Crippen LogP contribution in [0.25, 0.3) is 22.2 Å². The Hall–Kier alpha value is -2.48. The molecule has 2 heteroatoms. The number of ketones is 1. The van der Waals surface area contributed by atoms with Gasteiger partial charge in [-0.2, -0.15) is 0 Å². The molecule has 1 heterocycles. The number of pyridine rings is 1. The lowest BCUT2D eigenvalue weighted by Gasteiger charge is -2.38. The second-order valence-electron chi connectivity index (χ2n) is 7.53. The summed E-state index contributed by atoms with van der Waals surface area (Å²) in [7, 11) is 0. The van der Waals surface area contributed by atoms with Gasteiger partial charge in [-0.25, -0.2) is 4.98 Å². The highest BCUT2D eigenvalue weighted by Gasteiger charge is 2.32. The van der Waals surface area contributed by atoms with Crippen LogP contribution < -0.4 is 0 Å². The van der Waals surface area contributed by atoms with Gasteiger partial charge in [0, 0.05) is 22.9 Å². The molecule has 0 saturated heterocycles. The molecule has 1 aliphatic rings. The van der Waals surface area contributed by atoms with Crippen LogP contribution in [0.4, 0.5) is 0 Å². The third kappa shape index (κ3) is 3.21. The van der Waals surface area contributed by atoms with Crippen LogP contribution in [-0.4, -0.2) is 10.8 Å². The van der Waals surface area contributed by atoms with Gasteiger partial charge in [0.25, 0.3) is 0 Å². The van der Waals surface area contributed by atoms with Gasteiger partial charge in [0.05, 0.1) is 11.2 Å². The molecule has 1 aromatic heterocycles. The summed E-state index contributed by atoms with van der Waals surface area (Å²) in [6, 6.07) is 20.0. The third-order valence-corrected chi connectivity index (χ3v) is 5.60. The highest BCUT2D eigenvalue weighted by atomic mass is 16.1. The van der Waals surface area contributed by atoms with E-state index in [2.05, 4.69) is 6.92 Å². The Labute approximate surface area is 148 Å². The Morgan fingerprint density at radius 1 is 1.04 bits per heavy atom. The van der Waals surface area contributed by atoms with E-state index < -0.39 is 0 Å². The molecule has 126 valence electrons. The number of hydrogen-bond acceptors (Lipinski definition) is 2. The number of Topliss-reactive ketones (excluding diaryl/α,β-unsaturated/α-hetero) is 1. The van der Waals surface area contributed by atoms with Crippen molar-refractivity contribution in [2.45, 2.75) is 39.0 Å². The molecular formula is C23H23NO. The van der Waals surface area contributed by atoms with Crippen LogP contribution in [0.3, 0.4) is 0 Å². The molecule has 1 fully saturated rings. The van der Waals surface area contributed by atoms with Crippen LogP contribution in [0.5, 0.6) is 0 Å². The molecule has 4 rings (SSSR count). The molecule has 25 heavy (non-hydrogen) atoms. The fraction of sp³-hybridized carbons (Fsp3) is 0.304. The lowest BCUT2D eigenvalue weighted by Crippen LogP contribution is -2.26. The first-order valence-electron chi connectivity index (χ1n) is 9.13. The van der Waals surface area contributed by atoms with Crippen LogP contribution in [0.1, 0.15) is 49.4 Å². The molecule has 0 aliphatic heterocycles. The molecule has 0 spiro atoms. The van der Waals surface area contributed by atoms with Gasteiger partial charge in [0.2, 0.25) is 0 Å². The van der Waals surface area contributed by atoms with Crippen molar-refractivity contribution in [2.24, 2.45) is 5.41 Å². The number of carbonyl (C=O) groups is 1. The maximum Gasteiger partial charge on any atom is 0.163 e. The number of rotatable bonds is 5. The molecule has 0 bridgehead atoms. The van der Waals surface area contributed by atoms with E-state index in [1.807, 2.05) is 60.7 Å². The lowest BCUT2D eigenvalue weighted by molar-refractivity contribution is 0.0909. The van der Waals surface area contributed by atoms with E-state index in [-0.39, 0.29) is 5.78 Å². The van der Waals surface area contributed by atoms with Crippen molar-refractivity contribution < 1.29 is 4.79 Å². The van der Waals surface area contributed by atoms with Crippen molar-refractivity contribution in [1.82, 2.24) is 4.98 Å². The minimum absolute atomic E-state index is 0.240. The zero-order chi connectivity index (χ0) is 17.3. The smallest absolute Gasteiger partial charge is 0.163 e. The topological polar surface area (TPSA) is 30.0 Å². The van der Waals surface area contributed by atoms with E-state index in [1.165, 1.54) is 19.3 Å². The minimum Gasteiger partial charge on any atom is -0.294 e. The molecule has 0 atom stereocenters. The van der Waals surface area contributed by atoms with Crippen molar-refractivity contribution in [3.8, 4) is 11.3 Å². The fourth-order valence-corrected chi connectivity index (χ4v) is 3.74. The second-order valence-corrected chi connectivity index (χ2v) is 7.53. The Kier molecular flexibility index (Phi) is 4.12. The minimum atomic E-state index is 0.240. The SMILES string of the molecule is CC1(CCC(=O)c2cc(-c3ccccc3)nc3ccccc23)CCC1. The normalized spacial score (nSPS) is 15.7. The summed E-state index contributed by atoms with van der Waals surface area (Å²) in [5.74, 6) is 0.240. The van der Waals surface area contributed by atoms with Gasteiger partial charge in [-0.05, 0) is 36.8 Å². The summed E-state index contributed by atoms with van der Waals surface area (Å²) < 4.78 is 0. The number of nitrogens with zero attached hydrogens (tertiary/aromatic N) is 1. The molecule has 3 aromatic rings. The van der Waals surface area contributed by atoms with E-state index in [4.69, 9.17) is 4.98 Å². The van der Waals surface area contributed by atoms with Gasteiger partial charge >= 0.3 is 0 Å². The summed E-state index contributed by atoms with van der Waals surface area (Å²) in [5, 5.41) is 0.964. The monoisotopic (exact) mass is 329 g/mol. The third-order valence-electron chi connectivity index (χ3n) is 5.60. The average molecular weight is 329 g/mol. The van der Waals surface area contributed by atoms with Crippen molar-refractivity contribution >= 4 is 16.7 Å². The van der Waals surface area contributed by atoms with E-state index in [9.17, 15) is 4.79 Å². The molecule has 0 amide bonds. The highest BCUT2D eigenvalue weighted by molar-refractivity contribution is 6.08. The van der Waals surface area contributed by atoms with E-state index in [0.29, 0.717) is 11.8 Å². The number of fused-ring (bicyclic) bond motifs is 1. The van der Waals surface area contributed by atoms with Crippen molar-refractivity contribution in [3.63, 3.8) is 0 Å². The standard InChI is InChI=1S/C23H23NO/c1-23(13-7-14-23)15-12-22(25)19-16-21(17-8-3-2-4-9-17)24-20-11-6-5-10-18(19)20/h2-6,8-11,16H,7,12-15H2,1H3. The van der Waals surface area contributed by atoms with Gasteiger partial charge in [0.1, 0.15) is 0 Å². The first kappa shape index (κ1) is 16.0. The Morgan fingerprint density at radius 3 is 2.48 bits per heavy atom. The Morgan fingerprint density at radius 2 is 1.76 bits per heavy atom. The summed E-state index contributed by atoms with van der Waals surface area (Å²) in [6.45, 7) is 2.31. The van der Waals surface area contributed by atoms with Crippen LogP contribution >= 0.6 is 0 Å². The van der Waals surface area contributed by atoms with E-state index in [1.54, 1.807) is 0 Å². The lowest BCUT2D eigenvalue weighted by atomic mass is 9.67. The fourth-order valence-electron chi connectivity index (χ4n) is 3.74. The van der Waals surface area contributed by atoms with Gasteiger partial charge < -0.3 is 0 Å². The van der Waals surface area contributed by atoms with Crippen LogP contribution in [0, 0.1) is 5.41 Å².